The SMILES string of the molecule is Cc1nc2ccc(N3CC[C@H]4CCN(C)C[C@@H]43)nn2n1. The highest BCUT2D eigenvalue weighted by Gasteiger charge is 2.38. The predicted molar refractivity (Wildman–Crippen MR) is 76.9 cm³/mol. The van der Waals surface area contributed by atoms with E-state index in [2.05, 4.69) is 38.1 Å². The van der Waals surface area contributed by atoms with Crippen molar-refractivity contribution in [2.24, 2.45) is 5.92 Å². The summed E-state index contributed by atoms with van der Waals surface area (Å²) in [6.07, 6.45) is 2.59. The zero-order valence-corrected chi connectivity index (χ0v) is 12.0. The number of hydrogen-bond donors (Lipinski definition) is 0. The molecule has 0 spiro atoms. The number of likely N-dealkylation sites (N-methyl/N-ethyl adjacent to an activating group) is 1. The van der Waals surface area contributed by atoms with E-state index in [1.165, 1.54) is 19.4 Å². The number of aryl methyl sites for hydroxylation is 1. The molecule has 0 N–H and O–H groups in total. The second-order valence-electron chi connectivity index (χ2n) is 6.06. The summed E-state index contributed by atoms with van der Waals surface area (Å²) in [7, 11) is 2.21. The van der Waals surface area contributed by atoms with Crippen LogP contribution in [0.1, 0.15) is 18.7 Å². The third kappa shape index (κ3) is 1.86. The molecule has 4 rings (SSSR count). The highest BCUT2D eigenvalue weighted by Crippen LogP contribution is 2.33. The van der Waals surface area contributed by atoms with Crippen molar-refractivity contribution in [3.63, 3.8) is 0 Å². The maximum atomic E-state index is 4.64. The smallest absolute Gasteiger partial charge is 0.176 e. The number of piperidine rings is 1. The van der Waals surface area contributed by atoms with Gasteiger partial charge in [-0.25, -0.2) is 4.98 Å². The minimum absolute atomic E-state index is 0.600. The van der Waals surface area contributed by atoms with Crippen molar-refractivity contribution in [3.8, 4) is 0 Å². The van der Waals surface area contributed by atoms with Gasteiger partial charge in [0.2, 0.25) is 0 Å². The maximum Gasteiger partial charge on any atom is 0.176 e. The van der Waals surface area contributed by atoms with Crippen molar-refractivity contribution in [2.75, 3.05) is 31.6 Å². The van der Waals surface area contributed by atoms with Crippen LogP contribution in [0.4, 0.5) is 5.82 Å². The van der Waals surface area contributed by atoms with E-state index >= 15 is 0 Å². The van der Waals surface area contributed by atoms with Crippen LogP contribution in [0.5, 0.6) is 0 Å². The van der Waals surface area contributed by atoms with E-state index in [4.69, 9.17) is 0 Å². The first-order valence-corrected chi connectivity index (χ1v) is 7.36. The monoisotopic (exact) mass is 272 g/mol. The molecule has 2 aromatic heterocycles. The zero-order valence-electron chi connectivity index (χ0n) is 12.0. The van der Waals surface area contributed by atoms with E-state index in [1.807, 2.05) is 13.0 Å². The lowest BCUT2D eigenvalue weighted by molar-refractivity contribution is 0.207. The van der Waals surface area contributed by atoms with Crippen LogP contribution < -0.4 is 4.90 Å². The highest BCUT2D eigenvalue weighted by atomic mass is 15.5. The van der Waals surface area contributed by atoms with Gasteiger partial charge in [0.25, 0.3) is 0 Å². The van der Waals surface area contributed by atoms with E-state index < -0.39 is 0 Å². The Morgan fingerprint density at radius 1 is 1.15 bits per heavy atom. The van der Waals surface area contributed by atoms with Gasteiger partial charge in [-0.2, -0.15) is 0 Å². The molecule has 6 nitrogen and oxygen atoms in total. The molecule has 0 aliphatic carbocycles. The van der Waals surface area contributed by atoms with Gasteiger partial charge < -0.3 is 9.80 Å². The van der Waals surface area contributed by atoms with E-state index in [0.717, 1.165) is 36.3 Å². The number of nitrogens with zero attached hydrogens (tertiary/aromatic N) is 6. The number of likely N-dealkylation sites (tertiary alicyclic amines) is 1. The third-order valence-electron chi connectivity index (χ3n) is 4.66. The number of rotatable bonds is 1. The first kappa shape index (κ1) is 12.1. The molecule has 0 radical (unpaired) electrons. The Labute approximate surface area is 118 Å². The Bertz CT molecular complexity index is 636. The summed E-state index contributed by atoms with van der Waals surface area (Å²) in [5, 5.41) is 8.97. The van der Waals surface area contributed by atoms with Crippen LogP contribution in [-0.4, -0.2) is 57.4 Å². The van der Waals surface area contributed by atoms with E-state index in [1.54, 1.807) is 4.63 Å². The quantitative estimate of drug-likeness (QED) is 0.774. The Morgan fingerprint density at radius 2 is 2.00 bits per heavy atom. The predicted octanol–water partition coefficient (Wildman–Crippen LogP) is 0.963. The Kier molecular flexibility index (Phi) is 2.66. The summed E-state index contributed by atoms with van der Waals surface area (Å²) in [4.78, 5) is 9.22. The molecular weight excluding hydrogens is 252 g/mol. The van der Waals surface area contributed by atoms with Crippen LogP contribution in [0.3, 0.4) is 0 Å². The van der Waals surface area contributed by atoms with Gasteiger partial charge in [-0.15, -0.1) is 14.8 Å². The second kappa shape index (κ2) is 4.41. The second-order valence-corrected chi connectivity index (χ2v) is 6.06. The first-order chi connectivity index (χ1) is 9.70. The summed E-state index contributed by atoms with van der Waals surface area (Å²) in [6, 6.07) is 4.70. The van der Waals surface area contributed by atoms with Crippen molar-refractivity contribution < 1.29 is 0 Å². The summed E-state index contributed by atoms with van der Waals surface area (Å²) in [5.41, 5.74) is 0.822. The molecule has 2 aliphatic heterocycles. The van der Waals surface area contributed by atoms with Crippen molar-refractivity contribution in [3.05, 3.63) is 18.0 Å². The molecule has 0 saturated carbocycles. The van der Waals surface area contributed by atoms with Crippen LogP contribution >= 0.6 is 0 Å². The lowest BCUT2D eigenvalue weighted by Crippen LogP contribution is -2.47. The molecule has 20 heavy (non-hydrogen) atoms. The fourth-order valence-electron chi connectivity index (χ4n) is 3.61. The average molecular weight is 272 g/mol. The summed E-state index contributed by atoms with van der Waals surface area (Å²) in [5.74, 6) is 2.62. The molecule has 2 aliphatic rings. The molecule has 0 unspecified atom stereocenters. The van der Waals surface area contributed by atoms with Gasteiger partial charge in [0, 0.05) is 19.1 Å². The van der Waals surface area contributed by atoms with Gasteiger partial charge in [0.1, 0.15) is 5.82 Å². The fourth-order valence-corrected chi connectivity index (χ4v) is 3.61. The van der Waals surface area contributed by atoms with Crippen molar-refractivity contribution >= 4 is 11.5 Å². The van der Waals surface area contributed by atoms with Crippen LogP contribution in [0.15, 0.2) is 12.1 Å². The number of anilines is 1. The lowest BCUT2D eigenvalue weighted by Gasteiger charge is -2.36. The topological polar surface area (TPSA) is 49.6 Å². The Morgan fingerprint density at radius 3 is 2.90 bits per heavy atom. The number of hydrogen-bond acceptors (Lipinski definition) is 5. The molecule has 106 valence electrons. The normalized spacial score (nSPS) is 27.2. The lowest BCUT2D eigenvalue weighted by atomic mass is 9.92. The van der Waals surface area contributed by atoms with Crippen molar-refractivity contribution in [2.45, 2.75) is 25.8 Å². The van der Waals surface area contributed by atoms with Gasteiger partial charge >= 0.3 is 0 Å². The summed E-state index contributed by atoms with van der Waals surface area (Å²) >= 11 is 0. The zero-order chi connectivity index (χ0) is 13.7. The van der Waals surface area contributed by atoms with Gasteiger partial charge in [0.05, 0.1) is 0 Å². The molecule has 0 bridgehead atoms. The molecule has 4 heterocycles. The van der Waals surface area contributed by atoms with Gasteiger partial charge in [-0.3, -0.25) is 0 Å². The van der Waals surface area contributed by atoms with E-state index in [0.29, 0.717) is 6.04 Å². The van der Waals surface area contributed by atoms with E-state index in [-0.39, 0.29) is 0 Å². The van der Waals surface area contributed by atoms with E-state index in [9.17, 15) is 0 Å². The molecule has 2 aromatic rings. The minimum atomic E-state index is 0.600. The van der Waals surface area contributed by atoms with Crippen LogP contribution in [0.2, 0.25) is 0 Å². The Balaban J connectivity index is 1.67. The Hall–Kier alpha value is -1.69. The molecule has 6 heteroatoms. The summed E-state index contributed by atoms with van der Waals surface area (Å²) < 4.78 is 1.66. The van der Waals surface area contributed by atoms with Crippen LogP contribution in [-0.2, 0) is 0 Å². The highest BCUT2D eigenvalue weighted by molar-refractivity contribution is 5.47. The largest absolute Gasteiger partial charge is 0.351 e. The third-order valence-corrected chi connectivity index (χ3v) is 4.66. The molecule has 2 atom stereocenters. The standard InChI is InChI=1S/C14H20N6/c1-10-15-13-3-4-14(17-20(13)16-10)19-8-6-11-5-7-18(2)9-12(11)19/h3-4,11-12H,5-9H2,1-2H3/t11-,12+/m1/s1. The average Bonchev–Trinajstić information content (AvgIpc) is 2.99. The first-order valence-electron chi connectivity index (χ1n) is 7.36. The van der Waals surface area contributed by atoms with Gasteiger partial charge in [-0.1, -0.05) is 0 Å². The van der Waals surface area contributed by atoms with Crippen LogP contribution in [0, 0.1) is 12.8 Å². The summed E-state index contributed by atoms with van der Waals surface area (Å²) in [6.45, 7) is 5.37. The minimum Gasteiger partial charge on any atom is -0.351 e. The molecule has 0 aromatic carbocycles. The van der Waals surface area contributed by atoms with Gasteiger partial charge in [-0.05, 0) is 51.4 Å². The molecular formula is C14H20N6. The van der Waals surface area contributed by atoms with Crippen molar-refractivity contribution in [1.29, 1.82) is 0 Å². The molecule has 2 fully saturated rings. The molecule has 2 saturated heterocycles. The number of fused-ring (bicyclic) bond motifs is 2. The van der Waals surface area contributed by atoms with Gasteiger partial charge in [0.15, 0.2) is 11.5 Å². The number of aromatic nitrogens is 4. The van der Waals surface area contributed by atoms with Crippen molar-refractivity contribution in [1.82, 2.24) is 24.7 Å². The fraction of sp³-hybridized carbons (Fsp3) is 0.643. The van der Waals surface area contributed by atoms with Crippen LogP contribution in [0.25, 0.3) is 5.65 Å². The molecule has 0 amide bonds. The maximum absolute atomic E-state index is 4.64.